The first-order valence-corrected chi connectivity index (χ1v) is 5.82. The molecule has 0 bridgehead atoms. The molecular formula is C12H20N2O. The van der Waals surface area contributed by atoms with Gasteiger partial charge in [0.05, 0.1) is 12.3 Å². The molecule has 1 heterocycles. The average Bonchev–Trinajstić information content (AvgIpc) is 2.98. The van der Waals surface area contributed by atoms with Crippen LogP contribution in [0.25, 0.3) is 0 Å². The van der Waals surface area contributed by atoms with Gasteiger partial charge < -0.3 is 5.11 Å². The van der Waals surface area contributed by atoms with Crippen LogP contribution in [0, 0.1) is 11.8 Å². The molecule has 0 aromatic carbocycles. The Hall–Kier alpha value is -0.830. The first kappa shape index (κ1) is 10.7. The first-order chi connectivity index (χ1) is 7.16. The van der Waals surface area contributed by atoms with E-state index in [-0.39, 0.29) is 6.10 Å². The number of aromatic nitrogens is 2. The van der Waals surface area contributed by atoms with Crippen molar-refractivity contribution < 1.29 is 5.11 Å². The van der Waals surface area contributed by atoms with E-state index in [1.807, 2.05) is 24.1 Å². The fourth-order valence-corrected chi connectivity index (χ4v) is 2.11. The molecule has 1 aliphatic rings. The molecule has 3 heteroatoms. The fourth-order valence-electron chi connectivity index (χ4n) is 2.11. The van der Waals surface area contributed by atoms with Gasteiger partial charge in [-0.05, 0) is 43.1 Å². The van der Waals surface area contributed by atoms with Crippen molar-refractivity contribution in [2.75, 3.05) is 0 Å². The van der Waals surface area contributed by atoms with Gasteiger partial charge in [-0.15, -0.1) is 0 Å². The number of hydrogen-bond donors (Lipinski definition) is 1. The molecule has 2 unspecified atom stereocenters. The summed E-state index contributed by atoms with van der Waals surface area (Å²) in [5.41, 5.74) is 1.22. The lowest BCUT2D eigenvalue weighted by atomic mass is 9.95. The number of aliphatic hydroxyl groups is 1. The molecule has 1 aromatic rings. The van der Waals surface area contributed by atoms with Crippen LogP contribution in [0.2, 0.25) is 0 Å². The van der Waals surface area contributed by atoms with Crippen molar-refractivity contribution in [3.63, 3.8) is 0 Å². The van der Waals surface area contributed by atoms with Gasteiger partial charge in [0.25, 0.3) is 0 Å². The predicted molar refractivity (Wildman–Crippen MR) is 59.4 cm³/mol. The Bertz CT molecular complexity index is 317. The molecule has 0 saturated heterocycles. The van der Waals surface area contributed by atoms with Crippen LogP contribution in [-0.2, 0) is 13.5 Å². The van der Waals surface area contributed by atoms with Crippen LogP contribution in [0.5, 0.6) is 0 Å². The summed E-state index contributed by atoms with van der Waals surface area (Å²) < 4.78 is 1.81. The second kappa shape index (κ2) is 4.35. The zero-order chi connectivity index (χ0) is 10.8. The number of rotatable bonds is 5. The standard InChI is InChI=1S/C12H20N2O/c1-9(11-4-5-11)12(15)6-3-10-7-13-14(2)8-10/h7-9,11-12,15H,3-6H2,1-2H3. The monoisotopic (exact) mass is 208 g/mol. The van der Waals surface area contributed by atoms with Crippen LogP contribution in [0.15, 0.2) is 12.4 Å². The fraction of sp³-hybridized carbons (Fsp3) is 0.750. The SMILES string of the molecule is CC(C(O)CCc1cnn(C)c1)C1CC1. The molecule has 0 spiro atoms. The number of hydrogen-bond acceptors (Lipinski definition) is 2. The Morgan fingerprint density at radius 1 is 1.60 bits per heavy atom. The van der Waals surface area contributed by atoms with Gasteiger partial charge in [-0.3, -0.25) is 4.68 Å². The molecule has 1 fully saturated rings. The largest absolute Gasteiger partial charge is 0.393 e. The summed E-state index contributed by atoms with van der Waals surface area (Å²) in [5, 5.41) is 14.1. The smallest absolute Gasteiger partial charge is 0.0571 e. The molecule has 1 saturated carbocycles. The first-order valence-electron chi connectivity index (χ1n) is 5.82. The summed E-state index contributed by atoms with van der Waals surface area (Å²) in [4.78, 5) is 0. The molecule has 0 radical (unpaired) electrons. The molecule has 0 aliphatic heterocycles. The highest BCUT2D eigenvalue weighted by Gasteiger charge is 2.32. The highest BCUT2D eigenvalue weighted by atomic mass is 16.3. The van der Waals surface area contributed by atoms with E-state index in [0.717, 1.165) is 18.8 Å². The zero-order valence-corrected chi connectivity index (χ0v) is 9.56. The van der Waals surface area contributed by atoms with Crippen molar-refractivity contribution in [1.29, 1.82) is 0 Å². The van der Waals surface area contributed by atoms with E-state index in [4.69, 9.17) is 0 Å². The summed E-state index contributed by atoms with van der Waals surface area (Å²) in [6, 6.07) is 0. The van der Waals surface area contributed by atoms with E-state index in [1.54, 1.807) is 0 Å². The second-order valence-corrected chi connectivity index (χ2v) is 4.82. The molecule has 3 nitrogen and oxygen atoms in total. The van der Waals surface area contributed by atoms with Crippen LogP contribution in [0.3, 0.4) is 0 Å². The zero-order valence-electron chi connectivity index (χ0n) is 9.56. The minimum absolute atomic E-state index is 0.141. The lowest BCUT2D eigenvalue weighted by Gasteiger charge is -2.17. The molecule has 2 rings (SSSR count). The van der Waals surface area contributed by atoms with E-state index in [0.29, 0.717) is 5.92 Å². The van der Waals surface area contributed by atoms with E-state index < -0.39 is 0 Å². The van der Waals surface area contributed by atoms with Crippen molar-refractivity contribution in [1.82, 2.24) is 9.78 Å². The van der Waals surface area contributed by atoms with Crippen molar-refractivity contribution in [3.8, 4) is 0 Å². The molecule has 84 valence electrons. The third-order valence-corrected chi connectivity index (χ3v) is 3.46. The molecule has 1 N–H and O–H groups in total. The van der Waals surface area contributed by atoms with Crippen LogP contribution in [0.4, 0.5) is 0 Å². The van der Waals surface area contributed by atoms with Gasteiger partial charge in [0.1, 0.15) is 0 Å². The second-order valence-electron chi connectivity index (χ2n) is 4.82. The van der Waals surface area contributed by atoms with Gasteiger partial charge in [-0.2, -0.15) is 5.10 Å². The predicted octanol–water partition coefficient (Wildman–Crippen LogP) is 1.76. The molecular weight excluding hydrogens is 188 g/mol. The molecule has 1 aliphatic carbocycles. The Labute approximate surface area is 91.1 Å². The van der Waals surface area contributed by atoms with Gasteiger partial charge in [0.2, 0.25) is 0 Å². The third-order valence-electron chi connectivity index (χ3n) is 3.46. The lowest BCUT2D eigenvalue weighted by molar-refractivity contribution is 0.0968. The maximum absolute atomic E-state index is 9.97. The maximum atomic E-state index is 9.97. The van der Waals surface area contributed by atoms with Crippen LogP contribution in [0.1, 0.15) is 31.7 Å². The number of aryl methyl sites for hydroxylation is 2. The minimum atomic E-state index is -0.141. The molecule has 15 heavy (non-hydrogen) atoms. The summed E-state index contributed by atoms with van der Waals surface area (Å²) in [6.07, 6.45) is 8.19. The quantitative estimate of drug-likeness (QED) is 0.800. The van der Waals surface area contributed by atoms with Gasteiger partial charge >= 0.3 is 0 Å². The third kappa shape index (κ3) is 2.81. The molecule has 1 aromatic heterocycles. The van der Waals surface area contributed by atoms with Crippen LogP contribution in [-0.4, -0.2) is 21.0 Å². The summed E-state index contributed by atoms with van der Waals surface area (Å²) >= 11 is 0. The van der Waals surface area contributed by atoms with Crippen molar-refractivity contribution in [2.45, 2.75) is 38.7 Å². The Morgan fingerprint density at radius 2 is 2.33 bits per heavy atom. The Morgan fingerprint density at radius 3 is 2.87 bits per heavy atom. The maximum Gasteiger partial charge on any atom is 0.0571 e. The van der Waals surface area contributed by atoms with E-state index in [1.165, 1.54) is 18.4 Å². The minimum Gasteiger partial charge on any atom is -0.393 e. The lowest BCUT2D eigenvalue weighted by Crippen LogP contribution is -2.19. The normalized spacial score (nSPS) is 20.2. The van der Waals surface area contributed by atoms with E-state index in [2.05, 4.69) is 12.0 Å². The topological polar surface area (TPSA) is 38.1 Å². The van der Waals surface area contributed by atoms with E-state index in [9.17, 15) is 5.11 Å². The van der Waals surface area contributed by atoms with Crippen molar-refractivity contribution in [3.05, 3.63) is 18.0 Å². The molecule has 2 atom stereocenters. The van der Waals surface area contributed by atoms with Crippen LogP contribution >= 0.6 is 0 Å². The molecule has 0 amide bonds. The number of nitrogens with zero attached hydrogens (tertiary/aromatic N) is 2. The van der Waals surface area contributed by atoms with Crippen molar-refractivity contribution in [2.24, 2.45) is 18.9 Å². The van der Waals surface area contributed by atoms with Gasteiger partial charge in [-0.25, -0.2) is 0 Å². The van der Waals surface area contributed by atoms with E-state index >= 15 is 0 Å². The average molecular weight is 208 g/mol. The number of aliphatic hydroxyl groups excluding tert-OH is 1. The summed E-state index contributed by atoms with van der Waals surface area (Å²) in [6.45, 7) is 2.17. The summed E-state index contributed by atoms with van der Waals surface area (Å²) in [5.74, 6) is 1.26. The van der Waals surface area contributed by atoms with Gasteiger partial charge in [-0.1, -0.05) is 6.92 Å². The van der Waals surface area contributed by atoms with Crippen LogP contribution < -0.4 is 0 Å². The summed E-state index contributed by atoms with van der Waals surface area (Å²) in [7, 11) is 1.92. The Kier molecular flexibility index (Phi) is 3.10. The highest BCUT2D eigenvalue weighted by molar-refractivity contribution is 5.04. The van der Waals surface area contributed by atoms with Crippen molar-refractivity contribution >= 4 is 0 Å². The Balaban J connectivity index is 1.77. The highest BCUT2D eigenvalue weighted by Crippen LogP contribution is 2.38. The van der Waals surface area contributed by atoms with Gasteiger partial charge in [0, 0.05) is 13.2 Å². The van der Waals surface area contributed by atoms with Gasteiger partial charge in [0.15, 0.2) is 0 Å².